The summed E-state index contributed by atoms with van der Waals surface area (Å²) >= 11 is 6.80. The van der Waals surface area contributed by atoms with Crippen molar-refractivity contribution >= 4 is 31.9 Å². The molecule has 0 amide bonds. The molecule has 0 saturated heterocycles. The van der Waals surface area contributed by atoms with Crippen LogP contribution in [0.1, 0.15) is 44.6 Å². The van der Waals surface area contributed by atoms with Gasteiger partial charge in [-0.15, -0.1) is 0 Å². The fourth-order valence-electron chi connectivity index (χ4n) is 1.88. The molecule has 0 aromatic heterocycles. The molecule has 0 fully saturated rings. The number of halogens is 2. The molecule has 0 heterocycles. The molecular formula is C19H26Br2O3. The highest BCUT2D eigenvalue weighted by Crippen LogP contribution is 2.25. The molecule has 134 valence electrons. The van der Waals surface area contributed by atoms with Crippen LogP contribution in [0.2, 0.25) is 0 Å². The maximum Gasteiger partial charge on any atom is 0.147 e. The average molecular weight is 462 g/mol. The van der Waals surface area contributed by atoms with Crippen molar-refractivity contribution in [1.29, 1.82) is 0 Å². The molecule has 0 aliphatic heterocycles. The van der Waals surface area contributed by atoms with Crippen molar-refractivity contribution in [3.05, 3.63) is 68.6 Å². The number of benzene rings is 2. The van der Waals surface area contributed by atoms with Crippen molar-refractivity contribution < 1.29 is 14.6 Å². The van der Waals surface area contributed by atoms with Gasteiger partial charge < -0.3 is 14.6 Å². The second kappa shape index (κ2) is 12.6. The fraction of sp³-hybridized carbons (Fsp3) is 0.368. The summed E-state index contributed by atoms with van der Waals surface area (Å²) in [7, 11) is 1.62. The Balaban J connectivity index is 0.000000436. The summed E-state index contributed by atoms with van der Waals surface area (Å²) < 4.78 is 12.3. The zero-order valence-corrected chi connectivity index (χ0v) is 16.7. The lowest BCUT2D eigenvalue weighted by atomic mass is 10.1. The molecule has 0 bridgehead atoms. The van der Waals surface area contributed by atoms with E-state index >= 15 is 0 Å². The Bertz CT molecular complexity index is 588. The van der Waals surface area contributed by atoms with Crippen molar-refractivity contribution in [2.24, 2.45) is 0 Å². The van der Waals surface area contributed by atoms with Gasteiger partial charge in [-0.3, -0.25) is 0 Å². The minimum absolute atomic E-state index is 0. The molecular weight excluding hydrogens is 436 g/mol. The number of rotatable bonds is 5. The molecule has 0 aliphatic carbocycles. The van der Waals surface area contributed by atoms with Crippen LogP contribution in [0.5, 0.6) is 0 Å². The van der Waals surface area contributed by atoms with Gasteiger partial charge in [-0.05, 0) is 37.1 Å². The summed E-state index contributed by atoms with van der Waals surface area (Å²) in [4.78, 5) is 0. The Morgan fingerprint density at radius 1 is 0.917 bits per heavy atom. The Hall–Kier alpha value is -0.720. The summed E-state index contributed by atoms with van der Waals surface area (Å²) in [6.07, 6.45) is -0.342. The van der Waals surface area contributed by atoms with Crippen LogP contribution in [0.3, 0.4) is 0 Å². The predicted octanol–water partition coefficient (Wildman–Crippen LogP) is 6.27. The van der Waals surface area contributed by atoms with Crippen LogP contribution in [-0.2, 0) is 9.47 Å². The van der Waals surface area contributed by atoms with Crippen LogP contribution in [0.25, 0.3) is 0 Å². The zero-order valence-electron chi connectivity index (χ0n) is 13.5. The molecule has 2 aromatic carbocycles. The van der Waals surface area contributed by atoms with Crippen molar-refractivity contribution in [2.45, 2.75) is 33.5 Å². The van der Waals surface area contributed by atoms with E-state index in [4.69, 9.17) is 9.47 Å². The van der Waals surface area contributed by atoms with E-state index in [1.165, 1.54) is 0 Å². The smallest absolute Gasteiger partial charge is 0.147 e. The summed E-state index contributed by atoms with van der Waals surface area (Å²) in [5, 5.41) is 9.17. The van der Waals surface area contributed by atoms with Gasteiger partial charge in [0, 0.05) is 16.1 Å². The molecule has 2 rings (SSSR count). The standard InChI is InChI=1S/C10H13BrO2.C8H9BrO.CH4/c1-8(13-7-12-2)9-5-3-4-6-10(9)11;1-6(10)7-4-2-3-5-8(7)9;/h3-6,8H,7H2,1-2H3;2-6,10H,1H3;1H4/t8-;6-;/m11./s1. The molecule has 1 N–H and O–H groups in total. The van der Waals surface area contributed by atoms with Crippen LogP contribution < -0.4 is 0 Å². The number of hydrogen-bond acceptors (Lipinski definition) is 3. The van der Waals surface area contributed by atoms with Crippen LogP contribution in [0.4, 0.5) is 0 Å². The number of aliphatic hydroxyl groups is 1. The third kappa shape index (κ3) is 7.90. The zero-order chi connectivity index (χ0) is 17.2. The highest BCUT2D eigenvalue weighted by atomic mass is 79.9. The van der Waals surface area contributed by atoms with E-state index < -0.39 is 6.10 Å². The highest BCUT2D eigenvalue weighted by Gasteiger charge is 2.08. The van der Waals surface area contributed by atoms with Crippen molar-refractivity contribution in [3.8, 4) is 0 Å². The lowest BCUT2D eigenvalue weighted by Gasteiger charge is -2.13. The van der Waals surface area contributed by atoms with Crippen LogP contribution in [0, 0.1) is 0 Å². The molecule has 2 aromatic rings. The summed E-state index contributed by atoms with van der Waals surface area (Å²) in [6.45, 7) is 4.07. The third-order valence-electron chi connectivity index (χ3n) is 3.13. The Kier molecular flexibility index (Phi) is 12.2. The van der Waals surface area contributed by atoms with Gasteiger partial charge in [-0.25, -0.2) is 0 Å². The van der Waals surface area contributed by atoms with Gasteiger partial charge >= 0.3 is 0 Å². The summed E-state index contributed by atoms with van der Waals surface area (Å²) in [5.41, 5.74) is 2.07. The first-order chi connectivity index (χ1) is 11.0. The first-order valence-electron chi connectivity index (χ1n) is 7.24. The summed E-state index contributed by atoms with van der Waals surface area (Å²) in [6, 6.07) is 15.7. The second-order valence-corrected chi connectivity index (χ2v) is 6.64. The minimum Gasteiger partial charge on any atom is -0.389 e. The SMILES string of the molecule is C.COCO[C@H](C)c1ccccc1Br.C[C@@H](O)c1ccccc1Br. The number of methoxy groups -OCH3 is 1. The van der Waals surface area contributed by atoms with Gasteiger partial charge in [-0.2, -0.15) is 0 Å². The second-order valence-electron chi connectivity index (χ2n) is 4.93. The maximum absolute atomic E-state index is 9.17. The van der Waals surface area contributed by atoms with E-state index in [1.54, 1.807) is 14.0 Å². The number of aliphatic hydroxyl groups excluding tert-OH is 1. The first-order valence-corrected chi connectivity index (χ1v) is 8.83. The summed E-state index contributed by atoms with van der Waals surface area (Å²) in [5.74, 6) is 0. The monoisotopic (exact) mass is 460 g/mol. The molecule has 0 radical (unpaired) electrons. The molecule has 5 heteroatoms. The average Bonchev–Trinajstić information content (AvgIpc) is 2.54. The first kappa shape index (κ1) is 23.3. The lowest BCUT2D eigenvalue weighted by Crippen LogP contribution is -2.03. The van der Waals surface area contributed by atoms with E-state index in [9.17, 15) is 5.11 Å². The maximum atomic E-state index is 9.17. The predicted molar refractivity (Wildman–Crippen MR) is 107 cm³/mol. The Morgan fingerprint density at radius 2 is 1.38 bits per heavy atom. The molecule has 0 unspecified atom stereocenters. The quantitative estimate of drug-likeness (QED) is 0.533. The minimum atomic E-state index is -0.393. The number of hydrogen-bond donors (Lipinski definition) is 1. The largest absolute Gasteiger partial charge is 0.389 e. The van der Waals surface area contributed by atoms with Crippen LogP contribution in [0.15, 0.2) is 57.5 Å². The number of ether oxygens (including phenoxy) is 2. The topological polar surface area (TPSA) is 38.7 Å². The third-order valence-corrected chi connectivity index (χ3v) is 4.58. The van der Waals surface area contributed by atoms with E-state index in [-0.39, 0.29) is 13.5 Å². The van der Waals surface area contributed by atoms with Gasteiger partial charge in [0.05, 0.1) is 12.2 Å². The highest BCUT2D eigenvalue weighted by molar-refractivity contribution is 9.10. The van der Waals surface area contributed by atoms with Gasteiger partial charge in [-0.1, -0.05) is 75.7 Å². The van der Waals surface area contributed by atoms with Crippen LogP contribution >= 0.6 is 31.9 Å². The van der Waals surface area contributed by atoms with E-state index in [0.717, 1.165) is 20.1 Å². The van der Waals surface area contributed by atoms with E-state index in [1.807, 2.05) is 55.5 Å². The Morgan fingerprint density at radius 3 is 1.75 bits per heavy atom. The fourth-order valence-corrected chi connectivity index (χ4v) is 3.10. The molecule has 0 spiro atoms. The van der Waals surface area contributed by atoms with E-state index in [2.05, 4.69) is 31.9 Å². The van der Waals surface area contributed by atoms with Gasteiger partial charge in [0.15, 0.2) is 0 Å². The molecule has 0 aliphatic rings. The van der Waals surface area contributed by atoms with E-state index in [0.29, 0.717) is 6.79 Å². The van der Waals surface area contributed by atoms with Gasteiger partial charge in [0.25, 0.3) is 0 Å². The lowest BCUT2D eigenvalue weighted by molar-refractivity contribution is -0.0668. The molecule has 3 nitrogen and oxygen atoms in total. The van der Waals surface area contributed by atoms with Gasteiger partial charge in [0.2, 0.25) is 0 Å². The Labute approximate surface area is 162 Å². The van der Waals surface area contributed by atoms with Crippen LogP contribution in [-0.4, -0.2) is 19.0 Å². The van der Waals surface area contributed by atoms with Crippen molar-refractivity contribution in [2.75, 3.05) is 13.9 Å². The van der Waals surface area contributed by atoms with Crippen molar-refractivity contribution in [3.63, 3.8) is 0 Å². The van der Waals surface area contributed by atoms with Crippen molar-refractivity contribution in [1.82, 2.24) is 0 Å². The molecule has 24 heavy (non-hydrogen) atoms. The molecule has 0 saturated carbocycles. The van der Waals surface area contributed by atoms with Gasteiger partial charge in [0.1, 0.15) is 6.79 Å². The normalized spacial score (nSPS) is 12.4. The molecule has 2 atom stereocenters.